The molecule has 2 aromatic heterocycles. The van der Waals surface area contributed by atoms with Crippen LogP contribution in [0.25, 0.3) is 11.0 Å². The number of hydrogen-bond donors (Lipinski definition) is 1. The molecule has 0 saturated carbocycles. The first-order valence-electron chi connectivity index (χ1n) is 3.42. The van der Waals surface area contributed by atoms with Crippen molar-refractivity contribution in [2.75, 3.05) is 0 Å². The van der Waals surface area contributed by atoms with E-state index in [-0.39, 0.29) is 6.73 Å². The van der Waals surface area contributed by atoms with Crippen molar-refractivity contribution in [3.8, 4) is 0 Å². The number of pyridine rings is 1. The van der Waals surface area contributed by atoms with E-state index in [4.69, 9.17) is 5.11 Å². The van der Waals surface area contributed by atoms with Crippen LogP contribution in [0.4, 0.5) is 0 Å². The number of rotatable bonds is 1. The Balaban J connectivity index is 2.76. The van der Waals surface area contributed by atoms with Crippen molar-refractivity contribution < 1.29 is 5.11 Å². The summed E-state index contributed by atoms with van der Waals surface area (Å²) in [7, 11) is 0. The Morgan fingerprint density at radius 2 is 2.36 bits per heavy atom. The third kappa shape index (κ3) is 0.897. The molecule has 0 aliphatic rings. The van der Waals surface area contributed by atoms with Crippen molar-refractivity contribution in [2.24, 2.45) is 0 Å². The molecule has 0 aromatic carbocycles. The molecule has 3 nitrogen and oxygen atoms in total. The Bertz CT molecular complexity index is 367. The monoisotopic (exact) mass is 148 g/mol. The zero-order valence-electron chi connectivity index (χ0n) is 5.94. The summed E-state index contributed by atoms with van der Waals surface area (Å²) < 4.78 is 1.69. The fourth-order valence-corrected chi connectivity index (χ4v) is 1.13. The highest BCUT2D eigenvalue weighted by atomic mass is 16.3. The van der Waals surface area contributed by atoms with Gasteiger partial charge in [0, 0.05) is 17.8 Å². The first-order valence-corrected chi connectivity index (χ1v) is 3.42. The molecule has 0 bridgehead atoms. The molecule has 0 unspecified atom stereocenters. The molecular formula is C8H8N2O. The van der Waals surface area contributed by atoms with E-state index in [1.165, 1.54) is 0 Å². The predicted molar refractivity (Wildman–Crippen MR) is 42.0 cm³/mol. The van der Waals surface area contributed by atoms with Gasteiger partial charge in [-0.2, -0.15) is 0 Å². The maximum absolute atomic E-state index is 8.85. The molecular weight excluding hydrogens is 140 g/mol. The van der Waals surface area contributed by atoms with E-state index >= 15 is 0 Å². The fourth-order valence-electron chi connectivity index (χ4n) is 1.13. The molecule has 0 aliphatic carbocycles. The SMILES string of the molecule is OCn1ccc2cccnc21. The molecule has 0 amide bonds. The van der Waals surface area contributed by atoms with Gasteiger partial charge in [-0.1, -0.05) is 0 Å². The maximum atomic E-state index is 8.85. The molecule has 2 rings (SSSR count). The van der Waals surface area contributed by atoms with E-state index in [9.17, 15) is 0 Å². The van der Waals surface area contributed by atoms with Crippen LogP contribution in [0, 0.1) is 0 Å². The lowest BCUT2D eigenvalue weighted by Gasteiger charge is -1.96. The second kappa shape index (κ2) is 2.36. The van der Waals surface area contributed by atoms with Crippen molar-refractivity contribution >= 4 is 11.0 Å². The van der Waals surface area contributed by atoms with Gasteiger partial charge in [-0.15, -0.1) is 0 Å². The highest BCUT2D eigenvalue weighted by molar-refractivity contribution is 5.75. The van der Waals surface area contributed by atoms with Gasteiger partial charge < -0.3 is 9.67 Å². The van der Waals surface area contributed by atoms with Crippen molar-refractivity contribution in [3.05, 3.63) is 30.6 Å². The third-order valence-corrected chi connectivity index (χ3v) is 1.68. The zero-order chi connectivity index (χ0) is 7.68. The second-order valence-electron chi connectivity index (χ2n) is 2.34. The summed E-state index contributed by atoms with van der Waals surface area (Å²) in [5.41, 5.74) is 0.829. The van der Waals surface area contributed by atoms with E-state index in [1.54, 1.807) is 10.8 Å². The molecule has 11 heavy (non-hydrogen) atoms. The standard InChI is InChI=1S/C8H8N2O/c11-6-10-5-3-7-2-1-4-9-8(7)10/h1-5,11H,6H2. The molecule has 0 fully saturated rings. The Labute approximate surface area is 63.9 Å². The first-order chi connectivity index (χ1) is 5.42. The molecule has 0 aliphatic heterocycles. The summed E-state index contributed by atoms with van der Waals surface area (Å²) in [5, 5.41) is 9.90. The number of aliphatic hydroxyl groups is 1. The van der Waals surface area contributed by atoms with Crippen LogP contribution in [0.5, 0.6) is 0 Å². The van der Waals surface area contributed by atoms with Crippen LogP contribution >= 0.6 is 0 Å². The molecule has 0 spiro atoms. The number of hydrogen-bond acceptors (Lipinski definition) is 2. The quantitative estimate of drug-likeness (QED) is 0.654. The van der Waals surface area contributed by atoms with Crippen molar-refractivity contribution in [1.82, 2.24) is 9.55 Å². The van der Waals surface area contributed by atoms with Crippen LogP contribution in [-0.4, -0.2) is 14.7 Å². The van der Waals surface area contributed by atoms with E-state index < -0.39 is 0 Å². The minimum atomic E-state index is -0.0134. The van der Waals surface area contributed by atoms with Crippen LogP contribution in [0.1, 0.15) is 0 Å². The van der Waals surface area contributed by atoms with Crippen molar-refractivity contribution in [3.63, 3.8) is 0 Å². The van der Waals surface area contributed by atoms with Gasteiger partial charge in [0.2, 0.25) is 0 Å². The molecule has 2 heterocycles. The van der Waals surface area contributed by atoms with Crippen LogP contribution in [0.2, 0.25) is 0 Å². The van der Waals surface area contributed by atoms with Gasteiger partial charge in [0.15, 0.2) is 0 Å². The second-order valence-corrected chi connectivity index (χ2v) is 2.34. The summed E-state index contributed by atoms with van der Waals surface area (Å²) in [6, 6.07) is 5.77. The molecule has 56 valence electrons. The van der Waals surface area contributed by atoms with Crippen molar-refractivity contribution in [1.29, 1.82) is 0 Å². The van der Waals surface area contributed by atoms with Crippen LogP contribution in [0.15, 0.2) is 30.6 Å². The lowest BCUT2D eigenvalue weighted by molar-refractivity contribution is 0.215. The molecule has 0 radical (unpaired) electrons. The third-order valence-electron chi connectivity index (χ3n) is 1.68. The molecule has 0 saturated heterocycles. The van der Waals surface area contributed by atoms with Crippen molar-refractivity contribution in [2.45, 2.75) is 6.73 Å². The molecule has 1 N–H and O–H groups in total. The zero-order valence-corrected chi connectivity index (χ0v) is 5.94. The minimum absolute atomic E-state index is 0.0134. The minimum Gasteiger partial charge on any atom is -0.376 e. The van der Waals surface area contributed by atoms with Gasteiger partial charge in [0.1, 0.15) is 12.4 Å². The molecule has 3 heteroatoms. The van der Waals surface area contributed by atoms with E-state index in [2.05, 4.69) is 4.98 Å². The van der Waals surface area contributed by atoms with Gasteiger partial charge in [0.05, 0.1) is 0 Å². The lowest BCUT2D eigenvalue weighted by Crippen LogP contribution is -1.94. The van der Waals surface area contributed by atoms with Gasteiger partial charge in [-0.25, -0.2) is 4.98 Å². The number of aromatic nitrogens is 2. The summed E-state index contributed by atoms with van der Waals surface area (Å²) in [5.74, 6) is 0. The average molecular weight is 148 g/mol. The van der Waals surface area contributed by atoms with E-state index in [0.29, 0.717) is 0 Å². The lowest BCUT2D eigenvalue weighted by atomic mass is 10.3. The molecule has 0 atom stereocenters. The first kappa shape index (κ1) is 6.37. The Kier molecular flexibility index (Phi) is 1.36. The van der Waals surface area contributed by atoms with Gasteiger partial charge in [-0.05, 0) is 18.2 Å². The van der Waals surface area contributed by atoms with Gasteiger partial charge in [0.25, 0.3) is 0 Å². The van der Waals surface area contributed by atoms with E-state index in [0.717, 1.165) is 11.0 Å². The number of fused-ring (bicyclic) bond motifs is 1. The Hall–Kier alpha value is -1.35. The average Bonchev–Trinajstić information content (AvgIpc) is 2.47. The van der Waals surface area contributed by atoms with Gasteiger partial charge in [-0.3, -0.25) is 0 Å². The number of nitrogens with zero attached hydrogens (tertiary/aromatic N) is 2. The van der Waals surface area contributed by atoms with Crippen LogP contribution in [0.3, 0.4) is 0 Å². The Morgan fingerprint density at radius 1 is 1.45 bits per heavy atom. The highest BCUT2D eigenvalue weighted by Crippen LogP contribution is 2.10. The smallest absolute Gasteiger partial charge is 0.141 e. The summed E-state index contributed by atoms with van der Waals surface area (Å²) in [4.78, 5) is 4.11. The molecule has 2 aromatic rings. The largest absolute Gasteiger partial charge is 0.376 e. The normalized spacial score (nSPS) is 10.6. The Morgan fingerprint density at radius 3 is 3.18 bits per heavy atom. The summed E-state index contributed by atoms with van der Waals surface area (Å²) in [6.07, 6.45) is 3.53. The maximum Gasteiger partial charge on any atom is 0.141 e. The summed E-state index contributed by atoms with van der Waals surface area (Å²) >= 11 is 0. The highest BCUT2D eigenvalue weighted by Gasteiger charge is 1.97. The number of aliphatic hydroxyl groups excluding tert-OH is 1. The van der Waals surface area contributed by atoms with Crippen LogP contribution in [-0.2, 0) is 6.73 Å². The van der Waals surface area contributed by atoms with Gasteiger partial charge >= 0.3 is 0 Å². The van der Waals surface area contributed by atoms with E-state index in [1.807, 2.05) is 24.4 Å². The predicted octanol–water partition coefficient (Wildman–Crippen LogP) is 0.986. The fraction of sp³-hybridized carbons (Fsp3) is 0.125. The summed E-state index contributed by atoms with van der Waals surface area (Å²) in [6.45, 7) is -0.0134. The van der Waals surface area contributed by atoms with Crippen LogP contribution < -0.4 is 0 Å². The topological polar surface area (TPSA) is 38.0 Å².